The van der Waals surface area contributed by atoms with E-state index in [4.69, 9.17) is 21.7 Å². The third kappa shape index (κ3) is 4.62. The molecule has 4 heteroatoms. The fraction of sp³-hybridized carbons (Fsp3) is 0.435. The van der Waals surface area contributed by atoms with Gasteiger partial charge in [0.25, 0.3) is 0 Å². The number of methoxy groups -OCH3 is 2. The molecule has 1 aliphatic rings. The first kappa shape index (κ1) is 19.7. The van der Waals surface area contributed by atoms with E-state index in [1.807, 2.05) is 0 Å². The van der Waals surface area contributed by atoms with Crippen LogP contribution >= 0.6 is 12.2 Å². The van der Waals surface area contributed by atoms with Gasteiger partial charge in [-0.05, 0) is 79.5 Å². The molecular formula is C23H29NO2S. The van der Waals surface area contributed by atoms with Crippen molar-refractivity contribution in [2.24, 2.45) is 0 Å². The van der Waals surface area contributed by atoms with Crippen molar-refractivity contribution in [1.82, 2.24) is 4.90 Å². The summed E-state index contributed by atoms with van der Waals surface area (Å²) in [5.74, 6) is 1.60. The Hall–Kier alpha value is -2.07. The molecule has 144 valence electrons. The Bertz CT molecular complexity index is 831. The number of rotatable bonds is 6. The zero-order valence-electron chi connectivity index (χ0n) is 16.8. The van der Waals surface area contributed by atoms with Crippen molar-refractivity contribution in [3.05, 3.63) is 58.1 Å². The van der Waals surface area contributed by atoms with Gasteiger partial charge in [0.1, 0.15) is 0 Å². The lowest BCUT2D eigenvalue weighted by molar-refractivity contribution is 0.348. The van der Waals surface area contributed by atoms with E-state index in [1.54, 1.807) is 14.2 Å². The minimum Gasteiger partial charge on any atom is -0.493 e. The molecule has 0 atom stereocenters. The van der Waals surface area contributed by atoms with Crippen LogP contribution in [0.5, 0.6) is 11.5 Å². The van der Waals surface area contributed by atoms with Gasteiger partial charge in [0.15, 0.2) is 11.5 Å². The number of fused-ring (bicyclic) bond motifs is 1. The third-order valence-corrected chi connectivity index (χ3v) is 5.96. The van der Waals surface area contributed by atoms with Crippen LogP contribution in [-0.2, 0) is 19.4 Å². The second-order valence-corrected chi connectivity index (χ2v) is 7.78. The minimum atomic E-state index is 0.791. The molecule has 0 fully saturated rings. The van der Waals surface area contributed by atoms with Crippen molar-refractivity contribution >= 4 is 17.2 Å². The highest BCUT2D eigenvalue weighted by Gasteiger charge is 2.20. The third-order valence-electron chi connectivity index (χ3n) is 5.50. The second-order valence-electron chi connectivity index (χ2n) is 7.31. The quantitative estimate of drug-likeness (QED) is 0.652. The highest BCUT2D eigenvalue weighted by Crippen LogP contribution is 2.33. The predicted octanol–water partition coefficient (Wildman–Crippen LogP) is 5.03. The molecule has 0 saturated heterocycles. The molecule has 0 unspecified atom stereocenters. The average molecular weight is 384 g/mol. The number of benzene rings is 2. The van der Waals surface area contributed by atoms with Crippen LogP contribution in [0.2, 0.25) is 0 Å². The Labute approximate surface area is 168 Å². The molecule has 0 radical (unpaired) electrons. The molecule has 0 aromatic heterocycles. The normalized spacial score (nSPS) is 13.3. The van der Waals surface area contributed by atoms with Gasteiger partial charge in [-0.15, -0.1) is 0 Å². The Morgan fingerprint density at radius 3 is 2.37 bits per heavy atom. The van der Waals surface area contributed by atoms with Gasteiger partial charge >= 0.3 is 0 Å². The summed E-state index contributed by atoms with van der Waals surface area (Å²) in [5.41, 5.74) is 6.75. The molecule has 0 amide bonds. The molecule has 0 spiro atoms. The molecule has 1 heterocycles. The van der Waals surface area contributed by atoms with E-state index in [2.05, 4.69) is 49.1 Å². The maximum atomic E-state index is 5.74. The van der Waals surface area contributed by atoms with Gasteiger partial charge in [-0.2, -0.15) is 0 Å². The van der Waals surface area contributed by atoms with E-state index in [-0.39, 0.29) is 0 Å². The van der Waals surface area contributed by atoms with Gasteiger partial charge in [0.2, 0.25) is 0 Å². The number of aryl methyl sites for hydroxylation is 3. The molecular weight excluding hydrogens is 354 g/mol. The maximum Gasteiger partial charge on any atom is 0.161 e. The van der Waals surface area contributed by atoms with E-state index in [0.29, 0.717) is 0 Å². The van der Waals surface area contributed by atoms with Crippen molar-refractivity contribution in [1.29, 1.82) is 0 Å². The Kier molecular flexibility index (Phi) is 6.38. The zero-order valence-corrected chi connectivity index (χ0v) is 17.6. The summed E-state index contributed by atoms with van der Waals surface area (Å²) in [6.45, 7) is 6.17. The van der Waals surface area contributed by atoms with Gasteiger partial charge in [0, 0.05) is 13.1 Å². The van der Waals surface area contributed by atoms with Gasteiger partial charge < -0.3 is 14.4 Å². The van der Waals surface area contributed by atoms with Gasteiger partial charge in [-0.25, -0.2) is 0 Å². The topological polar surface area (TPSA) is 21.7 Å². The van der Waals surface area contributed by atoms with E-state index >= 15 is 0 Å². The summed E-state index contributed by atoms with van der Waals surface area (Å²) in [7, 11) is 3.37. The number of hydrogen-bond donors (Lipinski definition) is 0. The standard InChI is InChI=1S/C23H29NO2S/c1-16-8-9-18(12-17(16)2)6-5-7-23(27)24-11-10-19-13-21(25-3)22(26-4)14-20(19)15-24/h8-9,12-14H,5-7,10-11,15H2,1-4H3. The van der Waals surface area contributed by atoms with Crippen LogP contribution in [0.25, 0.3) is 0 Å². The van der Waals surface area contributed by atoms with Crippen LogP contribution in [0.4, 0.5) is 0 Å². The molecule has 3 nitrogen and oxygen atoms in total. The summed E-state index contributed by atoms with van der Waals surface area (Å²) in [6.07, 6.45) is 4.13. The number of hydrogen-bond acceptors (Lipinski definition) is 3. The SMILES string of the molecule is COc1cc2c(cc1OC)CN(C(=S)CCCc1ccc(C)c(C)c1)CC2. The molecule has 2 aromatic rings. The van der Waals surface area contributed by atoms with Gasteiger partial charge in [0.05, 0.1) is 19.2 Å². The molecule has 0 aliphatic carbocycles. The van der Waals surface area contributed by atoms with Crippen molar-refractivity contribution in [3.63, 3.8) is 0 Å². The largest absolute Gasteiger partial charge is 0.493 e. The number of thiocarbonyl (C=S) groups is 1. The van der Waals surface area contributed by atoms with E-state index in [0.717, 1.165) is 55.3 Å². The lowest BCUT2D eigenvalue weighted by atomic mass is 9.98. The van der Waals surface area contributed by atoms with Crippen LogP contribution in [-0.4, -0.2) is 30.7 Å². The smallest absolute Gasteiger partial charge is 0.161 e. The van der Waals surface area contributed by atoms with Crippen LogP contribution < -0.4 is 9.47 Å². The fourth-order valence-electron chi connectivity index (χ4n) is 3.66. The number of nitrogens with zero attached hydrogens (tertiary/aromatic N) is 1. The van der Waals surface area contributed by atoms with Gasteiger partial charge in [-0.3, -0.25) is 0 Å². The highest BCUT2D eigenvalue weighted by molar-refractivity contribution is 7.80. The second kappa shape index (κ2) is 8.75. The van der Waals surface area contributed by atoms with Crippen LogP contribution in [0, 0.1) is 13.8 Å². The predicted molar refractivity (Wildman–Crippen MR) is 115 cm³/mol. The molecule has 3 rings (SSSR count). The van der Waals surface area contributed by atoms with E-state index in [1.165, 1.54) is 27.8 Å². The average Bonchev–Trinajstić information content (AvgIpc) is 2.68. The molecule has 1 aliphatic heterocycles. The first-order chi connectivity index (χ1) is 13.0. The van der Waals surface area contributed by atoms with Crippen LogP contribution in [0.3, 0.4) is 0 Å². The van der Waals surface area contributed by atoms with Crippen LogP contribution in [0.1, 0.15) is 40.7 Å². The summed E-state index contributed by atoms with van der Waals surface area (Å²) in [4.78, 5) is 3.41. The molecule has 0 saturated carbocycles. The fourth-order valence-corrected chi connectivity index (χ4v) is 3.96. The zero-order chi connectivity index (χ0) is 19.4. The van der Waals surface area contributed by atoms with Crippen molar-refractivity contribution in [3.8, 4) is 11.5 Å². The molecule has 2 aromatic carbocycles. The van der Waals surface area contributed by atoms with Gasteiger partial charge in [-0.1, -0.05) is 30.4 Å². The van der Waals surface area contributed by atoms with Crippen molar-refractivity contribution < 1.29 is 9.47 Å². The van der Waals surface area contributed by atoms with Crippen molar-refractivity contribution in [2.75, 3.05) is 20.8 Å². The molecule has 27 heavy (non-hydrogen) atoms. The minimum absolute atomic E-state index is 0.791. The summed E-state index contributed by atoms with van der Waals surface area (Å²) in [6, 6.07) is 11.0. The van der Waals surface area contributed by atoms with E-state index in [9.17, 15) is 0 Å². The number of ether oxygens (including phenoxy) is 2. The Morgan fingerprint density at radius 1 is 1.00 bits per heavy atom. The first-order valence-electron chi connectivity index (χ1n) is 9.59. The van der Waals surface area contributed by atoms with Crippen molar-refractivity contribution in [2.45, 2.75) is 46.1 Å². The first-order valence-corrected chi connectivity index (χ1v) is 10.0. The lowest BCUT2D eigenvalue weighted by Gasteiger charge is -2.31. The molecule has 0 N–H and O–H groups in total. The van der Waals surface area contributed by atoms with E-state index < -0.39 is 0 Å². The Balaban J connectivity index is 1.58. The monoisotopic (exact) mass is 383 g/mol. The summed E-state index contributed by atoms with van der Waals surface area (Å²) in [5, 5.41) is 0. The van der Waals surface area contributed by atoms with Crippen LogP contribution in [0.15, 0.2) is 30.3 Å². The lowest BCUT2D eigenvalue weighted by Crippen LogP contribution is -2.34. The highest BCUT2D eigenvalue weighted by atomic mass is 32.1. The Morgan fingerprint density at radius 2 is 1.70 bits per heavy atom. The summed E-state index contributed by atoms with van der Waals surface area (Å²) >= 11 is 5.74. The molecule has 0 bridgehead atoms. The maximum absolute atomic E-state index is 5.74. The summed E-state index contributed by atoms with van der Waals surface area (Å²) < 4.78 is 10.9.